The Kier molecular flexibility index (Phi) is 11.9. The molecular weight excluding hydrogens is 631 g/mol. The minimum atomic E-state index is -6.23. The van der Waals surface area contributed by atoms with Gasteiger partial charge in [0.25, 0.3) is 0 Å². The second-order valence-corrected chi connectivity index (χ2v) is 9.99. The van der Waals surface area contributed by atoms with E-state index in [0.717, 1.165) is 11.3 Å². The van der Waals surface area contributed by atoms with Crippen LogP contribution in [0.2, 0.25) is 0 Å². The number of ether oxygens (including phenoxy) is 2. The summed E-state index contributed by atoms with van der Waals surface area (Å²) in [5, 5.41) is 0. The van der Waals surface area contributed by atoms with Gasteiger partial charge in [-0.05, 0) is 41.5 Å². The maximum atomic E-state index is 14.8. The molecule has 4 aromatic rings. The van der Waals surface area contributed by atoms with Crippen LogP contribution in [0.5, 0.6) is 5.75 Å². The van der Waals surface area contributed by atoms with E-state index in [4.69, 9.17) is 13.9 Å². The van der Waals surface area contributed by atoms with Crippen LogP contribution in [-0.2, 0) is 11.3 Å². The van der Waals surface area contributed by atoms with Crippen LogP contribution in [0.1, 0.15) is 17.0 Å². The number of hydrogen-bond donors (Lipinski definition) is 0. The van der Waals surface area contributed by atoms with E-state index in [0.29, 0.717) is 22.7 Å². The first-order chi connectivity index (χ1) is 20.8. The molecule has 14 heteroatoms. The molecule has 1 heterocycles. The van der Waals surface area contributed by atoms with Gasteiger partial charge in [-0.1, -0.05) is 42.5 Å². The van der Waals surface area contributed by atoms with Gasteiger partial charge in [0.2, 0.25) is 5.89 Å². The maximum Gasteiger partial charge on any atom is 0.446 e. The van der Waals surface area contributed by atoms with Crippen LogP contribution in [0, 0.1) is 0 Å². The molecule has 0 radical (unpaired) electrons. The molecule has 0 N–H and O–H groups in total. The molecule has 0 unspecified atom stereocenters. The Morgan fingerprint density at radius 3 is 2.09 bits per heavy atom. The standard InChI is InChI=1S/C31H30F7N3O3.ClH/c1-40(2)24-11-8-22(9-12-24)10-15-28-39-26-14-13-25(20-27(26)44-28)43-19-18-42-17-16-41(21-23-6-4-3-5-7-23)29(32,30(33,34)35)31(36,37)38;/h3-15,20H,16-19,21H2,1-2H3;1H/b15-10+;. The third-order valence-electron chi connectivity index (χ3n) is 6.61. The number of halogens is 8. The molecule has 0 saturated heterocycles. The van der Waals surface area contributed by atoms with Crippen LogP contribution >= 0.6 is 12.4 Å². The van der Waals surface area contributed by atoms with E-state index < -0.39 is 37.8 Å². The van der Waals surface area contributed by atoms with Gasteiger partial charge in [-0.15, -0.1) is 12.4 Å². The van der Waals surface area contributed by atoms with Crippen molar-refractivity contribution in [3.63, 3.8) is 0 Å². The lowest BCUT2D eigenvalue weighted by atomic mass is 10.1. The Balaban J connectivity index is 0.00000552. The van der Waals surface area contributed by atoms with E-state index in [-0.39, 0.29) is 36.1 Å². The van der Waals surface area contributed by atoms with Crippen molar-refractivity contribution in [2.75, 3.05) is 45.4 Å². The number of benzene rings is 3. The van der Waals surface area contributed by atoms with E-state index in [1.54, 1.807) is 24.3 Å². The van der Waals surface area contributed by atoms with Crippen LogP contribution in [0.25, 0.3) is 23.3 Å². The molecule has 0 aliphatic carbocycles. The Morgan fingerprint density at radius 2 is 1.47 bits per heavy atom. The van der Waals surface area contributed by atoms with Gasteiger partial charge in [0.1, 0.15) is 17.9 Å². The monoisotopic (exact) mass is 661 g/mol. The summed E-state index contributed by atoms with van der Waals surface area (Å²) in [7, 11) is 3.91. The fourth-order valence-electron chi connectivity index (χ4n) is 4.30. The number of hydrogen-bond acceptors (Lipinski definition) is 6. The molecule has 1 aromatic heterocycles. The number of fused-ring (bicyclic) bond motifs is 1. The molecule has 0 aliphatic heterocycles. The smallest absolute Gasteiger partial charge is 0.446 e. The molecule has 0 fully saturated rings. The summed E-state index contributed by atoms with van der Waals surface area (Å²) >= 11 is 0. The SMILES string of the molecule is CN(C)c1ccc(/C=C/c2nc3ccc(OCCOCCN(Cc4ccccc4)C(F)(C(F)(F)F)C(F)(F)F)cc3o2)cc1.Cl. The van der Waals surface area contributed by atoms with Crippen molar-refractivity contribution in [1.29, 1.82) is 0 Å². The lowest BCUT2D eigenvalue weighted by molar-refractivity contribution is -0.390. The summed E-state index contributed by atoms with van der Waals surface area (Å²) in [6.07, 6.45) is -8.87. The number of nitrogens with zero attached hydrogens (tertiary/aromatic N) is 3. The number of oxazole rings is 1. The predicted octanol–water partition coefficient (Wildman–Crippen LogP) is 8.17. The number of alkyl halides is 7. The first-order valence-corrected chi connectivity index (χ1v) is 13.5. The fraction of sp³-hybridized carbons (Fsp3) is 0.323. The van der Waals surface area contributed by atoms with Gasteiger partial charge >= 0.3 is 18.1 Å². The summed E-state index contributed by atoms with van der Waals surface area (Å²) in [4.78, 5) is 6.08. The highest BCUT2D eigenvalue weighted by Crippen LogP contribution is 2.48. The number of rotatable bonds is 13. The molecule has 6 nitrogen and oxygen atoms in total. The van der Waals surface area contributed by atoms with Crippen LogP contribution in [-0.4, -0.2) is 68.5 Å². The first kappa shape index (κ1) is 35.7. The molecule has 3 aromatic carbocycles. The topological polar surface area (TPSA) is 51.0 Å². The lowest BCUT2D eigenvalue weighted by Gasteiger charge is -2.39. The van der Waals surface area contributed by atoms with Crippen LogP contribution in [0.3, 0.4) is 0 Å². The van der Waals surface area contributed by atoms with Crippen molar-refractivity contribution in [1.82, 2.24) is 9.88 Å². The number of anilines is 1. The predicted molar refractivity (Wildman–Crippen MR) is 160 cm³/mol. The zero-order valence-electron chi connectivity index (χ0n) is 24.2. The van der Waals surface area contributed by atoms with Gasteiger partial charge in [0.05, 0.1) is 13.2 Å². The van der Waals surface area contributed by atoms with Crippen molar-refractivity contribution in [3.8, 4) is 5.75 Å². The van der Waals surface area contributed by atoms with Crippen LogP contribution in [0.4, 0.5) is 36.4 Å². The molecular formula is C31H31ClF7N3O3. The molecule has 0 aliphatic rings. The normalized spacial score (nSPS) is 12.6. The van der Waals surface area contributed by atoms with E-state index in [1.165, 1.54) is 30.3 Å². The molecule has 0 spiro atoms. The molecule has 0 saturated carbocycles. The Hall–Kier alpha value is -3.81. The van der Waals surface area contributed by atoms with Gasteiger partial charge in [0.15, 0.2) is 5.58 Å². The molecule has 244 valence electrons. The molecule has 45 heavy (non-hydrogen) atoms. The van der Waals surface area contributed by atoms with Gasteiger partial charge < -0.3 is 18.8 Å². The van der Waals surface area contributed by atoms with E-state index in [2.05, 4.69) is 4.98 Å². The summed E-state index contributed by atoms with van der Waals surface area (Å²) < 4.78 is 112. The minimum absolute atomic E-state index is 0. The quantitative estimate of drug-likeness (QED) is 0.0819. The highest BCUT2D eigenvalue weighted by molar-refractivity contribution is 5.85. The highest BCUT2D eigenvalue weighted by Gasteiger charge is 2.75. The molecule has 0 amide bonds. The summed E-state index contributed by atoms with van der Waals surface area (Å²) in [6, 6.07) is 19.8. The van der Waals surface area contributed by atoms with E-state index in [9.17, 15) is 30.7 Å². The largest absolute Gasteiger partial charge is 0.491 e. The summed E-state index contributed by atoms with van der Waals surface area (Å²) in [6.45, 7) is -2.78. The fourth-order valence-corrected chi connectivity index (χ4v) is 4.30. The van der Waals surface area contributed by atoms with Gasteiger partial charge in [0, 0.05) is 45.0 Å². The zero-order valence-corrected chi connectivity index (χ0v) is 25.1. The van der Waals surface area contributed by atoms with Gasteiger partial charge in [-0.25, -0.2) is 14.3 Å². The third-order valence-corrected chi connectivity index (χ3v) is 6.61. The highest BCUT2D eigenvalue weighted by atomic mass is 35.5. The van der Waals surface area contributed by atoms with Crippen LogP contribution < -0.4 is 9.64 Å². The minimum Gasteiger partial charge on any atom is -0.491 e. The molecule has 4 rings (SSSR count). The van der Waals surface area contributed by atoms with E-state index >= 15 is 0 Å². The Labute approximate surface area is 261 Å². The van der Waals surface area contributed by atoms with Crippen molar-refractivity contribution in [3.05, 3.63) is 89.8 Å². The van der Waals surface area contributed by atoms with Gasteiger partial charge in [-0.2, -0.15) is 26.3 Å². The first-order valence-electron chi connectivity index (χ1n) is 13.5. The van der Waals surface area contributed by atoms with Crippen molar-refractivity contribution < 1.29 is 44.6 Å². The Bertz CT molecular complexity index is 1510. The third kappa shape index (κ3) is 8.89. The number of aromatic nitrogens is 1. The second kappa shape index (κ2) is 15.0. The summed E-state index contributed by atoms with van der Waals surface area (Å²) in [5.41, 5.74) is 3.13. The van der Waals surface area contributed by atoms with Crippen molar-refractivity contribution in [2.45, 2.75) is 24.7 Å². The Morgan fingerprint density at radius 1 is 0.800 bits per heavy atom. The van der Waals surface area contributed by atoms with Crippen molar-refractivity contribution >= 4 is 41.3 Å². The average Bonchev–Trinajstić information content (AvgIpc) is 3.38. The van der Waals surface area contributed by atoms with Crippen LogP contribution in [0.15, 0.2) is 77.2 Å². The maximum absolute atomic E-state index is 14.8. The molecule has 0 bridgehead atoms. The second-order valence-electron chi connectivity index (χ2n) is 9.99. The lowest BCUT2D eigenvalue weighted by Crippen LogP contribution is -2.64. The molecule has 0 atom stereocenters. The van der Waals surface area contributed by atoms with E-state index in [1.807, 2.05) is 49.3 Å². The average molecular weight is 662 g/mol. The zero-order chi connectivity index (χ0) is 32.0. The van der Waals surface area contributed by atoms with Gasteiger partial charge in [-0.3, -0.25) is 0 Å². The van der Waals surface area contributed by atoms with Crippen molar-refractivity contribution in [2.24, 2.45) is 0 Å². The summed E-state index contributed by atoms with van der Waals surface area (Å²) in [5.74, 6) is -4.80.